The average Bonchev–Trinajstić information content (AvgIpc) is 2.89. The molecule has 0 atom stereocenters. The lowest BCUT2D eigenvalue weighted by molar-refractivity contribution is -0.348. The van der Waals surface area contributed by atoms with Gasteiger partial charge in [0.05, 0.1) is 0 Å². The molecule has 40 heavy (non-hydrogen) atoms. The van der Waals surface area contributed by atoms with Crippen LogP contribution in [0.5, 0.6) is 0 Å². The molecule has 12 heteroatoms. The molecular weight excluding hydrogens is 543 g/mol. The summed E-state index contributed by atoms with van der Waals surface area (Å²) in [5.41, 5.74) is -1.27. The highest BCUT2D eigenvalue weighted by Crippen LogP contribution is 2.53. The number of nitrogens with zero attached hydrogens (tertiary/aromatic N) is 1. The standard InChI is InChI=1S/C28H26F7N3O2/c1-17-14-21(26(29,27(30,31)32)28(33,34)35)15-18(2)23(17)37-24(39)20-10-6-11-22(16-20)38(13-7-12-36)25(40)19-8-4-3-5-9-19/h3-6,8-11,14-16H,7,12-13,36H2,1-2H3,(H,37,39). The van der Waals surface area contributed by atoms with Gasteiger partial charge in [-0.1, -0.05) is 36.4 Å². The van der Waals surface area contributed by atoms with Gasteiger partial charge in [0.1, 0.15) is 0 Å². The number of carbonyl (C=O) groups excluding carboxylic acids is 2. The van der Waals surface area contributed by atoms with Crippen LogP contribution in [0.4, 0.5) is 42.1 Å². The molecule has 3 aromatic rings. The summed E-state index contributed by atoms with van der Waals surface area (Å²) in [6.07, 6.45) is -12.1. The minimum absolute atomic E-state index is 0.0596. The van der Waals surface area contributed by atoms with Crippen LogP contribution in [-0.2, 0) is 5.67 Å². The summed E-state index contributed by atoms with van der Waals surface area (Å²) in [7, 11) is 0. The van der Waals surface area contributed by atoms with Crippen LogP contribution in [0.3, 0.4) is 0 Å². The van der Waals surface area contributed by atoms with Crippen molar-refractivity contribution in [3.8, 4) is 0 Å². The Kier molecular flexibility index (Phi) is 8.93. The van der Waals surface area contributed by atoms with Gasteiger partial charge in [-0.15, -0.1) is 0 Å². The van der Waals surface area contributed by atoms with E-state index >= 15 is 0 Å². The lowest BCUT2D eigenvalue weighted by atomic mass is 9.90. The van der Waals surface area contributed by atoms with E-state index in [2.05, 4.69) is 5.32 Å². The molecule has 0 aliphatic heterocycles. The summed E-state index contributed by atoms with van der Waals surface area (Å²) in [5.74, 6) is -1.08. The maximum atomic E-state index is 14.6. The Bertz CT molecular complexity index is 1340. The Morgan fingerprint density at radius 1 is 0.800 bits per heavy atom. The molecular formula is C28H26F7N3O2. The highest BCUT2D eigenvalue weighted by atomic mass is 19.4. The first kappa shape index (κ1) is 30.6. The molecule has 3 N–H and O–H groups in total. The van der Waals surface area contributed by atoms with Crippen LogP contribution in [-0.4, -0.2) is 37.3 Å². The first-order chi connectivity index (χ1) is 18.6. The highest BCUT2D eigenvalue weighted by molar-refractivity contribution is 6.08. The zero-order valence-corrected chi connectivity index (χ0v) is 21.5. The molecule has 0 aromatic heterocycles. The molecule has 0 bridgehead atoms. The number of rotatable bonds is 8. The Morgan fingerprint density at radius 3 is 1.88 bits per heavy atom. The Balaban J connectivity index is 1.94. The summed E-state index contributed by atoms with van der Waals surface area (Å²) in [6, 6.07) is 15.2. The minimum atomic E-state index is -6.26. The van der Waals surface area contributed by atoms with Gasteiger partial charge >= 0.3 is 18.0 Å². The van der Waals surface area contributed by atoms with Gasteiger partial charge in [0.15, 0.2) is 0 Å². The first-order valence-electron chi connectivity index (χ1n) is 12.0. The van der Waals surface area contributed by atoms with Gasteiger partial charge in [-0.3, -0.25) is 9.59 Å². The molecule has 0 unspecified atom stereocenters. The number of alkyl halides is 7. The topological polar surface area (TPSA) is 75.4 Å². The predicted molar refractivity (Wildman–Crippen MR) is 137 cm³/mol. The Labute approximate surface area is 225 Å². The van der Waals surface area contributed by atoms with Crippen LogP contribution in [0.25, 0.3) is 0 Å². The van der Waals surface area contributed by atoms with Crippen molar-refractivity contribution in [2.75, 3.05) is 23.3 Å². The van der Waals surface area contributed by atoms with Crippen molar-refractivity contribution in [2.24, 2.45) is 5.73 Å². The third-order valence-electron chi connectivity index (χ3n) is 6.22. The van der Waals surface area contributed by atoms with Gasteiger partial charge in [-0.2, -0.15) is 26.3 Å². The van der Waals surface area contributed by atoms with E-state index in [1.807, 2.05) is 0 Å². The number of hydrogen-bond donors (Lipinski definition) is 2. The first-order valence-corrected chi connectivity index (χ1v) is 12.0. The van der Waals surface area contributed by atoms with Gasteiger partial charge in [-0.25, -0.2) is 4.39 Å². The molecule has 2 amide bonds. The smallest absolute Gasteiger partial charge is 0.330 e. The minimum Gasteiger partial charge on any atom is -0.330 e. The van der Waals surface area contributed by atoms with Crippen molar-refractivity contribution in [1.29, 1.82) is 0 Å². The second kappa shape index (κ2) is 11.7. The van der Waals surface area contributed by atoms with Crippen molar-refractivity contribution < 1.29 is 40.3 Å². The number of carbonyl (C=O) groups is 2. The monoisotopic (exact) mass is 569 g/mol. The fraction of sp³-hybridized carbons (Fsp3) is 0.286. The molecule has 0 saturated carbocycles. The molecule has 0 spiro atoms. The van der Waals surface area contributed by atoms with Gasteiger partial charge in [0.25, 0.3) is 11.8 Å². The molecule has 3 aromatic carbocycles. The molecule has 0 fully saturated rings. The molecule has 5 nitrogen and oxygen atoms in total. The molecule has 0 aliphatic rings. The number of nitrogens with two attached hydrogens (primary N) is 1. The second-order valence-electron chi connectivity index (χ2n) is 9.11. The van der Waals surface area contributed by atoms with Crippen LogP contribution in [0.15, 0.2) is 66.7 Å². The SMILES string of the molecule is Cc1cc(C(F)(C(F)(F)F)C(F)(F)F)cc(C)c1NC(=O)c1cccc(N(CCCN)C(=O)c2ccccc2)c1. The van der Waals surface area contributed by atoms with Gasteiger partial charge in [0.2, 0.25) is 0 Å². The number of amides is 2. The number of hydrogen-bond acceptors (Lipinski definition) is 3. The summed E-state index contributed by atoms with van der Waals surface area (Å²) in [5, 5.41) is 2.47. The quantitative estimate of drug-likeness (QED) is 0.292. The number of benzene rings is 3. The third-order valence-corrected chi connectivity index (χ3v) is 6.22. The van der Waals surface area contributed by atoms with E-state index < -0.39 is 29.5 Å². The van der Waals surface area contributed by atoms with E-state index in [4.69, 9.17) is 5.73 Å². The van der Waals surface area contributed by atoms with Crippen LogP contribution in [0.2, 0.25) is 0 Å². The zero-order chi connectivity index (χ0) is 29.9. The largest absolute Gasteiger partial charge is 0.435 e. The molecule has 0 aliphatic carbocycles. The molecule has 0 heterocycles. The lowest BCUT2D eigenvalue weighted by Crippen LogP contribution is -2.50. The summed E-state index contributed by atoms with van der Waals surface area (Å²) < 4.78 is 93.9. The maximum absolute atomic E-state index is 14.6. The van der Waals surface area contributed by atoms with E-state index in [0.717, 1.165) is 13.8 Å². The van der Waals surface area contributed by atoms with E-state index in [1.54, 1.807) is 36.4 Å². The highest BCUT2D eigenvalue weighted by Gasteiger charge is 2.73. The number of nitrogens with one attached hydrogen (secondary N) is 1. The van der Waals surface area contributed by atoms with E-state index in [0.29, 0.717) is 36.3 Å². The molecule has 3 rings (SSSR count). The Morgan fingerprint density at radius 2 is 1.35 bits per heavy atom. The maximum Gasteiger partial charge on any atom is 0.435 e. The van der Waals surface area contributed by atoms with Crippen LogP contribution >= 0.6 is 0 Å². The predicted octanol–water partition coefficient (Wildman–Crippen LogP) is 6.84. The fourth-order valence-corrected chi connectivity index (χ4v) is 4.18. The van der Waals surface area contributed by atoms with Gasteiger partial charge in [0, 0.05) is 34.6 Å². The average molecular weight is 570 g/mol. The van der Waals surface area contributed by atoms with Crippen molar-refractivity contribution in [3.05, 3.63) is 94.5 Å². The summed E-state index contributed by atoms with van der Waals surface area (Å²) >= 11 is 0. The van der Waals surface area contributed by atoms with Crippen LogP contribution in [0.1, 0.15) is 43.8 Å². The van der Waals surface area contributed by atoms with E-state index in [1.165, 1.54) is 23.1 Å². The van der Waals surface area contributed by atoms with E-state index in [-0.39, 0.29) is 34.8 Å². The van der Waals surface area contributed by atoms with Crippen molar-refractivity contribution >= 4 is 23.2 Å². The molecule has 0 saturated heterocycles. The molecule has 0 radical (unpaired) electrons. The van der Waals surface area contributed by atoms with E-state index in [9.17, 15) is 40.3 Å². The van der Waals surface area contributed by atoms with Crippen molar-refractivity contribution in [1.82, 2.24) is 0 Å². The summed E-state index contributed by atoms with van der Waals surface area (Å²) in [4.78, 5) is 27.7. The van der Waals surface area contributed by atoms with Crippen molar-refractivity contribution in [2.45, 2.75) is 38.3 Å². The van der Waals surface area contributed by atoms with Gasteiger partial charge in [-0.05, 0) is 68.3 Å². The Hall–Kier alpha value is -3.93. The van der Waals surface area contributed by atoms with Crippen LogP contribution in [0, 0.1) is 13.8 Å². The number of aryl methyl sites for hydroxylation is 2. The second-order valence-corrected chi connectivity index (χ2v) is 9.11. The lowest BCUT2D eigenvalue weighted by Gasteiger charge is -2.31. The summed E-state index contributed by atoms with van der Waals surface area (Å²) in [6.45, 7) is 2.86. The van der Waals surface area contributed by atoms with Gasteiger partial charge < -0.3 is 16.0 Å². The normalized spacial score (nSPS) is 12.2. The number of anilines is 2. The third kappa shape index (κ3) is 6.11. The fourth-order valence-electron chi connectivity index (χ4n) is 4.18. The van der Waals surface area contributed by atoms with Crippen LogP contribution < -0.4 is 16.0 Å². The zero-order valence-electron chi connectivity index (χ0n) is 21.5. The molecule has 214 valence electrons. The number of halogens is 7. The van der Waals surface area contributed by atoms with Crippen molar-refractivity contribution in [3.63, 3.8) is 0 Å².